The van der Waals surface area contributed by atoms with Gasteiger partial charge >= 0.3 is 5.97 Å². The third-order valence-corrected chi connectivity index (χ3v) is 3.66. The number of unbranched alkanes of at least 4 members (excludes halogenated alkanes) is 2. The number of hydrogen-bond acceptors (Lipinski definition) is 2. The SMILES string of the molecule is CCCCN(CCCCC(=O)O)Cc1ccccc1Cl. The van der Waals surface area contributed by atoms with Gasteiger partial charge in [-0.15, -0.1) is 0 Å². The summed E-state index contributed by atoms with van der Waals surface area (Å²) in [6.45, 7) is 4.98. The molecule has 0 saturated heterocycles. The van der Waals surface area contributed by atoms with Crippen LogP contribution in [0.3, 0.4) is 0 Å². The molecule has 0 bridgehead atoms. The first-order valence-electron chi connectivity index (χ1n) is 7.31. The van der Waals surface area contributed by atoms with E-state index in [9.17, 15) is 4.79 Å². The molecule has 0 unspecified atom stereocenters. The number of carboxylic acids is 1. The van der Waals surface area contributed by atoms with Crippen molar-refractivity contribution < 1.29 is 9.90 Å². The van der Waals surface area contributed by atoms with E-state index < -0.39 is 5.97 Å². The Morgan fingerprint density at radius 2 is 1.90 bits per heavy atom. The lowest BCUT2D eigenvalue weighted by Crippen LogP contribution is -2.26. The molecule has 0 atom stereocenters. The third kappa shape index (κ3) is 6.92. The summed E-state index contributed by atoms with van der Waals surface area (Å²) in [7, 11) is 0. The Bertz CT molecular complexity index is 409. The molecule has 20 heavy (non-hydrogen) atoms. The summed E-state index contributed by atoms with van der Waals surface area (Å²) in [6, 6.07) is 7.91. The Balaban J connectivity index is 2.46. The average molecular weight is 298 g/mol. The van der Waals surface area contributed by atoms with Crippen molar-refractivity contribution in [1.82, 2.24) is 4.90 Å². The van der Waals surface area contributed by atoms with Crippen LogP contribution in [0.2, 0.25) is 5.02 Å². The lowest BCUT2D eigenvalue weighted by Gasteiger charge is -2.22. The Hall–Kier alpha value is -1.06. The number of benzene rings is 1. The van der Waals surface area contributed by atoms with Crippen molar-refractivity contribution in [3.05, 3.63) is 34.9 Å². The number of carboxylic acid groups (broad SMARTS) is 1. The highest BCUT2D eigenvalue weighted by Gasteiger charge is 2.08. The van der Waals surface area contributed by atoms with Gasteiger partial charge in [0.15, 0.2) is 0 Å². The van der Waals surface area contributed by atoms with Gasteiger partial charge in [0.25, 0.3) is 0 Å². The van der Waals surface area contributed by atoms with Crippen molar-refractivity contribution in [3.63, 3.8) is 0 Å². The summed E-state index contributed by atoms with van der Waals surface area (Å²) in [4.78, 5) is 12.9. The molecule has 0 saturated carbocycles. The zero-order valence-electron chi connectivity index (χ0n) is 12.1. The minimum absolute atomic E-state index is 0.258. The number of rotatable bonds is 10. The molecule has 0 aliphatic carbocycles. The fourth-order valence-electron chi connectivity index (χ4n) is 2.13. The summed E-state index contributed by atoms with van der Waals surface area (Å²) in [5.41, 5.74) is 1.14. The van der Waals surface area contributed by atoms with Gasteiger partial charge in [-0.2, -0.15) is 0 Å². The highest BCUT2D eigenvalue weighted by molar-refractivity contribution is 6.31. The van der Waals surface area contributed by atoms with E-state index in [1.807, 2.05) is 18.2 Å². The highest BCUT2D eigenvalue weighted by atomic mass is 35.5. The van der Waals surface area contributed by atoms with E-state index in [2.05, 4.69) is 17.9 Å². The standard InChI is InChI=1S/C16H24ClNO2/c1-2-3-11-18(12-7-6-10-16(19)20)13-14-8-4-5-9-15(14)17/h4-5,8-9H,2-3,6-7,10-13H2,1H3,(H,19,20). The van der Waals surface area contributed by atoms with Gasteiger partial charge in [0.1, 0.15) is 0 Å². The van der Waals surface area contributed by atoms with E-state index in [0.717, 1.165) is 55.9 Å². The Morgan fingerprint density at radius 3 is 2.55 bits per heavy atom. The molecule has 4 heteroatoms. The number of nitrogens with zero attached hydrogens (tertiary/aromatic N) is 1. The summed E-state index contributed by atoms with van der Waals surface area (Å²) in [5.74, 6) is -0.712. The smallest absolute Gasteiger partial charge is 0.303 e. The molecule has 1 aromatic carbocycles. The van der Waals surface area contributed by atoms with Crippen LogP contribution in [0.15, 0.2) is 24.3 Å². The first-order valence-corrected chi connectivity index (χ1v) is 7.68. The molecule has 1 N–H and O–H groups in total. The van der Waals surface area contributed by atoms with Crippen LogP contribution in [0.1, 0.15) is 44.6 Å². The molecule has 0 heterocycles. The van der Waals surface area contributed by atoms with Gasteiger partial charge < -0.3 is 5.11 Å². The van der Waals surface area contributed by atoms with E-state index >= 15 is 0 Å². The maximum absolute atomic E-state index is 10.5. The molecule has 112 valence electrons. The lowest BCUT2D eigenvalue weighted by atomic mass is 10.1. The van der Waals surface area contributed by atoms with Crippen LogP contribution in [-0.4, -0.2) is 29.1 Å². The van der Waals surface area contributed by atoms with Crippen LogP contribution in [-0.2, 0) is 11.3 Å². The lowest BCUT2D eigenvalue weighted by molar-refractivity contribution is -0.137. The van der Waals surface area contributed by atoms with Gasteiger partial charge in [-0.1, -0.05) is 43.1 Å². The van der Waals surface area contributed by atoms with Crippen LogP contribution in [0.5, 0.6) is 0 Å². The topological polar surface area (TPSA) is 40.5 Å². The molecule has 0 amide bonds. The molecular weight excluding hydrogens is 274 g/mol. The molecule has 1 rings (SSSR count). The molecule has 0 aromatic heterocycles. The molecule has 1 aromatic rings. The Morgan fingerprint density at radius 1 is 1.20 bits per heavy atom. The van der Waals surface area contributed by atoms with Crippen LogP contribution >= 0.6 is 11.6 Å². The van der Waals surface area contributed by atoms with Gasteiger partial charge in [-0.25, -0.2) is 0 Å². The summed E-state index contributed by atoms with van der Waals surface area (Å²) in [5, 5.41) is 9.47. The van der Waals surface area contributed by atoms with E-state index in [0.29, 0.717) is 0 Å². The Labute approximate surface area is 126 Å². The second-order valence-corrected chi connectivity index (χ2v) is 5.48. The predicted octanol–water partition coefficient (Wildman–Crippen LogP) is 4.20. The van der Waals surface area contributed by atoms with Crippen LogP contribution in [0.25, 0.3) is 0 Å². The Kier molecular flexibility index (Phi) is 8.31. The van der Waals surface area contributed by atoms with Crippen molar-refractivity contribution in [1.29, 1.82) is 0 Å². The second kappa shape index (κ2) is 9.78. The maximum atomic E-state index is 10.5. The van der Waals surface area contributed by atoms with Gasteiger partial charge in [-0.3, -0.25) is 9.69 Å². The number of halogens is 1. The van der Waals surface area contributed by atoms with E-state index in [1.54, 1.807) is 0 Å². The molecular formula is C16H24ClNO2. The van der Waals surface area contributed by atoms with Gasteiger partial charge in [0, 0.05) is 18.0 Å². The van der Waals surface area contributed by atoms with Crippen molar-refractivity contribution in [2.45, 2.75) is 45.6 Å². The molecule has 0 aliphatic rings. The van der Waals surface area contributed by atoms with Gasteiger partial charge in [0.05, 0.1) is 0 Å². The number of carbonyl (C=O) groups is 1. The maximum Gasteiger partial charge on any atom is 0.303 e. The predicted molar refractivity (Wildman–Crippen MR) is 83.1 cm³/mol. The van der Waals surface area contributed by atoms with Gasteiger partial charge in [-0.05, 0) is 44.0 Å². The van der Waals surface area contributed by atoms with E-state index in [1.165, 1.54) is 0 Å². The summed E-state index contributed by atoms with van der Waals surface area (Å²) < 4.78 is 0. The summed E-state index contributed by atoms with van der Waals surface area (Å²) >= 11 is 6.20. The van der Waals surface area contributed by atoms with Crippen LogP contribution in [0.4, 0.5) is 0 Å². The minimum atomic E-state index is -0.712. The highest BCUT2D eigenvalue weighted by Crippen LogP contribution is 2.17. The van der Waals surface area contributed by atoms with Gasteiger partial charge in [0.2, 0.25) is 0 Å². The fourth-order valence-corrected chi connectivity index (χ4v) is 2.33. The third-order valence-electron chi connectivity index (χ3n) is 3.29. The normalized spacial score (nSPS) is 10.9. The largest absolute Gasteiger partial charge is 0.481 e. The van der Waals surface area contributed by atoms with E-state index in [-0.39, 0.29) is 6.42 Å². The quantitative estimate of drug-likeness (QED) is 0.658. The van der Waals surface area contributed by atoms with Crippen molar-refractivity contribution >= 4 is 17.6 Å². The first kappa shape index (κ1) is 17.0. The van der Waals surface area contributed by atoms with Crippen molar-refractivity contribution in [3.8, 4) is 0 Å². The molecule has 0 fully saturated rings. The van der Waals surface area contributed by atoms with Crippen LogP contribution in [0, 0.1) is 0 Å². The van der Waals surface area contributed by atoms with Crippen LogP contribution < -0.4 is 0 Å². The number of hydrogen-bond donors (Lipinski definition) is 1. The zero-order chi connectivity index (χ0) is 14.8. The monoisotopic (exact) mass is 297 g/mol. The molecule has 3 nitrogen and oxygen atoms in total. The molecule has 0 spiro atoms. The van der Waals surface area contributed by atoms with E-state index in [4.69, 9.17) is 16.7 Å². The summed E-state index contributed by atoms with van der Waals surface area (Å²) in [6.07, 6.45) is 4.23. The first-order chi connectivity index (χ1) is 9.63. The number of aliphatic carboxylic acids is 1. The fraction of sp³-hybridized carbons (Fsp3) is 0.562. The second-order valence-electron chi connectivity index (χ2n) is 5.07. The molecule has 0 radical (unpaired) electrons. The average Bonchev–Trinajstić information content (AvgIpc) is 2.42. The van der Waals surface area contributed by atoms with Crippen molar-refractivity contribution in [2.75, 3.05) is 13.1 Å². The zero-order valence-corrected chi connectivity index (χ0v) is 12.9. The minimum Gasteiger partial charge on any atom is -0.481 e. The van der Waals surface area contributed by atoms with Crippen molar-refractivity contribution in [2.24, 2.45) is 0 Å². The molecule has 0 aliphatic heterocycles.